The Balaban J connectivity index is 1.95. The number of nitrogens with one attached hydrogen (secondary N) is 2. The lowest BCUT2D eigenvalue weighted by Gasteiger charge is -2.30. The van der Waals surface area contributed by atoms with Gasteiger partial charge in [-0.3, -0.25) is 0 Å². The predicted octanol–water partition coefficient (Wildman–Crippen LogP) is 4.51. The van der Waals surface area contributed by atoms with Crippen molar-refractivity contribution < 1.29 is 0 Å². The third kappa shape index (κ3) is 4.08. The molecule has 0 saturated heterocycles. The molecule has 4 heteroatoms. The van der Waals surface area contributed by atoms with Gasteiger partial charge >= 0.3 is 0 Å². The van der Waals surface area contributed by atoms with Crippen molar-refractivity contribution in [2.24, 2.45) is 5.92 Å². The third-order valence-corrected chi connectivity index (χ3v) is 4.33. The maximum Gasteiger partial charge on any atom is 0.171 e. The Labute approximate surface area is 125 Å². The Morgan fingerprint density at radius 3 is 2.79 bits per heavy atom. The Morgan fingerprint density at radius 2 is 2.05 bits per heavy atom. The molecule has 1 aromatic rings. The highest BCUT2D eigenvalue weighted by Gasteiger charge is 2.21. The van der Waals surface area contributed by atoms with Gasteiger partial charge in [-0.1, -0.05) is 37.4 Å². The molecule has 0 radical (unpaired) electrons. The summed E-state index contributed by atoms with van der Waals surface area (Å²) in [6, 6.07) is 6.29. The van der Waals surface area contributed by atoms with Gasteiger partial charge in [0.1, 0.15) is 0 Å². The van der Waals surface area contributed by atoms with Crippen molar-refractivity contribution in [3.05, 3.63) is 28.8 Å². The highest BCUT2D eigenvalue weighted by atomic mass is 35.5. The second-order valence-corrected chi connectivity index (χ2v) is 6.27. The molecule has 1 fully saturated rings. The summed E-state index contributed by atoms with van der Waals surface area (Å²) in [5, 5.41) is 8.12. The van der Waals surface area contributed by atoms with E-state index in [0.717, 1.165) is 16.3 Å². The van der Waals surface area contributed by atoms with Gasteiger partial charge in [0.25, 0.3) is 0 Å². The zero-order chi connectivity index (χ0) is 13.8. The monoisotopic (exact) mass is 296 g/mol. The lowest BCUT2D eigenvalue weighted by atomic mass is 9.86. The number of hydrogen-bond donors (Lipinski definition) is 2. The van der Waals surface area contributed by atoms with Gasteiger partial charge in [-0.05, 0) is 55.6 Å². The fraction of sp³-hybridized carbons (Fsp3) is 0.533. The van der Waals surface area contributed by atoms with Gasteiger partial charge in [0.2, 0.25) is 0 Å². The first-order valence-corrected chi connectivity index (χ1v) is 7.68. The number of aryl methyl sites for hydroxylation is 1. The molecule has 2 unspecified atom stereocenters. The van der Waals surface area contributed by atoms with Crippen LogP contribution in [0.4, 0.5) is 5.69 Å². The Hall–Kier alpha value is -0.800. The number of hydrogen-bond acceptors (Lipinski definition) is 1. The van der Waals surface area contributed by atoms with Crippen molar-refractivity contribution in [2.75, 3.05) is 5.32 Å². The molecule has 0 spiro atoms. The molecular formula is C15H21ClN2S. The van der Waals surface area contributed by atoms with E-state index < -0.39 is 0 Å². The summed E-state index contributed by atoms with van der Waals surface area (Å²) in [4.78, 5) is 0. The summed E-state index contributed by atoms with van der Waals surface area (Å²) >= 11 is 11.4. The normalized spacial score (nSPS) is 22.9. The Morgan fingerprint density at radius 1 is 1.32 bits per heavy atom. The Bertz CT molecular complexity index is 461. The molecule has 1 aromatic carbocycles. The van der Waals surface area contributed by atoms with Crippen molar-refractivity contribution in [2.45, 2.75) is 45.6 Å². The van der Waals surface area contributed by atoms with Crippen LogP contribution in [0.1, 0.15) is 38.2 Å². The molecule has 1 aliphatic rings. The molecule has 104 valence electrons. The van der Waals surface area contributed by atoms with Crippen LogP contribution in [-0.2, 0) is 0 Å². The van der Waals surface area contributed by atoms with E-state index in [1.807, 2.05) is 25.1 Å². The minimum absolute atomic E-state index is 0.494. The zero-order valence-electron chi connectivity index (χ0n) is 11.5. The molecule has 0 amide bonds. The first-order chi connectivity index (χ1) is 9.06. The highest BCUT2D eigenvalue weighted by Crippen LogP contribution is 2.24. The lowest BCUT2D eigenvalue weighted by Crippen LogP contribution is -2.43. The summed E-state index contributed by atoms with van der Waals surface area (Å²) < 4.78 is 0. The van der Waals surface area contributed by atoms with E-state index in [2.05, 4.69) is 17.6 Å². The van der Waals surface area contributed by atoms with E-state index >= 15 is 0 Å². The minimum Gasteiger partial charge on any atom is -0.359 e. The summed E-state index contributed by atoms with van der Waals surface area (Å²) in [6.45, 7) is 4.34. The van der Waals surface area contributed by atoms with Gasteiger partial charge in [0.05, 0.1) is 0 Å². The molecule has 2 N–H and O–H groups in total. The van der Waals surface area contributed by atoms with E-state index in [0.29, 0.717) is 17.1 Å². The number of benzene rings is 1. The molecule has 1 aliphatic carbocycles. The molecular weight excluding hydrogens is 276 g/mol. The van der Waals surface area contributed by atoms with Gasteiger partial charge in [-0.2, -0.15) is 0 Å². The standard InChI is InChI=1S/C15H21ClN2S/c1-10-5-3-4-6-13(10)17-15(19)18-14-9-12(16)8-7-11(14)2/h7-10,13H,3-6H2,1-2H3,(H2,17,18,19). The van der Waals surface area contributed by atoms with Crippen molar-refractivity contribution >= 4 is 34.6 Å². The number of anilines is 1. The van der Waals surface area contributed by atoms with Crippen molar-refractivity contribution in [1.29, 1.82) is 0 Å². The molecule has 0 heterocycles. The maximum absolute atomic E-state index is 6.01. The SMILES string of the molecule is Cc1ccc(Cl)cc1NC(=S)NC1CCCCC1C. The highest BCUT2D eigenvalue weighted by molar-refractivity contribution is 7.80. The summed E-state index contributed by atoms with van der Waals surface area (Å²) in [6.07, 6.45) is 5.13. The van der Waals surface area contributed by atoms with E-state index in [1.165, 1.54) is 25.7 Å². The van der Waals surface area contributed by atoms with Crippen molar-refractivity contribution in [1.82, 2.24) is 5.32 Å². The van der Waals surface area contributed by atoms with E-state index in [-0.39, 0.29) is 0 Å². The number of rotatable bonds is 2. The van der Waals surface area contributed by atoms with Crippen LogP contribution in [0.5, 0.6) is 0 Å². The predicted molar refractivity (Wildman–Crippen MR) is 87.0 cm³/mol. The number of halogens is 1. The van der Waals surface area contributed by atoms with Crippen LogP contribution in [0.3, 0.4) is 0 Å². The quantitative estimate of drug-likeness (QED) is 0.785. The largest absolute Gasteiger partial charge is 0.359 e. The first kappa shape index (κ1) is 14.6. The summed E-state index contributed by atoms with van der Waals surface area (Å²) in [7, 11) is 0. The number of thiocarbonyl (C=S) groups is 1. The zero-order valence-corrected chi connectivity index (χ0v) is 13.1. The molecule has 0 aromatic heterocycles. The van der Waals surface area contributed by atoms with Crippen LogP contribution in [0, 0.1) is 12.8 Å². The minimum atomic E-state index is 0.494. The molecule has 2 nitrogen and oxygen atoms in total. The van der Waals surface area contributed by atoms with E-state index in [4.69, 9.17) is 23.8 Å². The maximum atomic E-state index is 6.01. The summed E-state index contributed by atoms with van der Waals surface area (Å²) in [5.41, 5.74) is 2.12. The van der Waals surface area contributed by atoms with Gasteiger partial charge in [-0.25, -0.2) is 0 Å². The van der Waals surface area contributed by atoms with Crippen molar-refractivity contribution in [3.63, 3.8) is 0 Å². The fourth-order valence-electron chi connectivity index (χ4n) is 2.59. The average molecular weight is 297 g/mol. The fourth-order valence-corrected chi connectivity index (χ4v) is 3.02. The summed E-state index contributed by atoms with van der Waals surface area (Å²) in [5.74, 6) is 0.689. The molecule has 0 bridgehead atoms. The molecule has 2 atom stereocenters. The van der Waals surface area contributed by atoms with Gasteiger partial charge < -0.3 is 10.6 Å². The van der Waals surface area contributed by atoms with Crippen LogP contribution < -0.4 is 10.6 Å². The van der Waals surface area contributed by atoms with Crippen LogP contribution in [0.25, 0.3) is 0 Å². The molecule has 1 saturated carbocycles. The molecule has 19 heavy (non-hydrogen) atoms. The van der Waals surface area contributed by atoms with Crippen molar-refractivity contribution in [3.8, 4) is 0 Å². The van der Waals surface area contributed by atoms with Crippen LogP contribution in [0.15, 0.2) is 18.2 Å². The van der Waals surface area contributed by atoms with Gasteiger partial charge in [0.15, 0.2) is 5.11 Å². The Kier molecular flexibility index (Phi) is 5.06. The first-order valence-electron chi connectivity index (χ1n) is 6.90. The van der Waals surface area contributed by atoms with Crippen LogP contribution in [0.2, 0.25) is 5.02 Å². The van der Waals surface area contributed by atoms with E-state index in [9.17, 15) is 0 Å². The average Bonchev–Trinajstić information content (AvgIpc) is 2.37. The van der Waals surface area contributed by atoms with E-state index in [1.54, 1.807) is 0 Å². The second-order valence-electron chi connectivity index (χ2n) is 5.43. The topological polar surface area (TPSA) is 24.1 Å². The second kappa shape index (κ2) is 6.58. The third-order valence-electron chi connectivity index (χ3n) is 3.88. The van der Waals surface area contributed by atoms with Crippen LogP contribution in [-0.4, -0.2) is 11.2 Å². The lowest BCUT2D eigenvalue weighted by molar-refractivity contribution is 0.309. The van der Waals surface area contributed by atoms with Gasteiger partial charge in [0, 0.05) is 16.8 Å². The molecule has 0 aliphatic heterocycles. The molecule has 2 rings (SSSR count). The van der Waals surface area contributed by atoms with Crippen LogP contribution >= 0.6 is 23.8 Å². The smallest absolute Gasteiger partial charge is 0.171 e. The van der Waals surface area contributed by atoms with Gasteiger partial charge in [-0.15, -0.1) is 0 Å².